The third kappa shape index (κ3) is 3.14. The van der Waals surface area contributed by atoms with Crippen LogP contribution in [0.2, 0.25) is 0 Å². The Morgan fingerprint density at radius 1 is 0.947 bits per heavy atom. The molecule has 100 valence electrons. The van der Waals surface area contributed by atoms with Gasteiger partial charge < -0.3 is 5.32 Å². The Morgan fingerprint density at radius 2 is 1.47 bits per heavy atom. The molecule has 0 aliphatic rings. The minimum absolute atomic E-state index is 0.200. The minimum Gasteiger partial charge on any atom is -0.378 e. The number of aryl methyl sites for hydroxylation is 3. The zero-order valence-electron chi connectivity index (χ0n) is 11.9. The van der Waals surface area contributed by atoms with Crippen molar-refractivity contribution in [3.8, 4) is 0 Å². The van der Waals surface area contributed by atoms with Crippen LogP contribution in [0.15, 0.2) is 36.4 Å². The quantitative estimate of drug-likeness (QED) is 0.822. The lowest BCUT2D eigenvalue weighted by Gasteiger charge is -2.21. The van der Waals surface area contributed by atoms with E-state index in [1.807, 2.05) is 0 Å². The molecule has 0 fully saturated rings. The summed E-state index contributed by atoms with van der Waals surface area (Å²) >= 11 is 0. The van der Waals surface area contributed by atoms with Gasteiger partial charge in [0.25, 0.3) is 0 Å². The first-order valence-corrected chi connectivity index (χ1v) is 6.57. The van der Waals surface area contributed by atoms with Crippen LogP contribution in [0.1, 0.15) is 35.2 Å². The van der Waals surface area contributed by atoms with Gasteiger partial charge >= 0.3 is 0 Å². The first-order valence-electron chi connectivity index (χ1n) is 6.57. The largest absolute Gasteiger partial charge is 0.378 e. The Balaban J connectivity index is 2.25. The van der Waals surface area contributed by atoms with Crippen LogP contribution >= 0.6 is 0 Å². The number of anilines is 1. The molecule has 0 saturated carbocycles. The maximum Gasteiger partial charge on any atom is 0.123 e. The van der Waals surface area contributed by atoms with Crippen molar-refractivity contribution in [1.29, 1.82) is 0 Å². The van der Waals surface area contributed by atoms with Crippen molar-refractivity contribution >= 4 is 5.69 Å². The normalized spacial score (nSPS) is 12.3. The van der Waals surface area contributed by atoms with E-state index in [0.717, 1.165) is 5.69 Å². The SMILES string of the molecule is Cc1cc(C)c(C(C)Nc2ccc(F)cc2)c(C)c1. The zero-order valence-corrected chi connectivity index (χ0v) is 11.9. The molecule has 2 heteroatoms. The van der Waals surface area contributed by atoms with E-state index in [2.05, 4.69) is 45.1 Å². The summed E-state index contributed by atoms with van der Waals surface area (Å²) in [4.78, 5) is 0. The molecule has 0 spiro atoms. The average molecular weight is 257 g/mol. The van der Waals surface area contributed by atoms with Crippen LogP contribution in [0.4, 0.5) is 10.1 Å². The third-order valence-corrected chi connectivity index (χ3v) is 3.40. The molecule has 0 heterocycles. The summed E-state index contributed by atoms with van der Waals surface area (Å²) < 4.78 is 12.9. The second kappa shape index (κ2) is 5.43. The summed E-state index contributed by atoms with van der Waals surface area (Å²) in [5.41, 5.74) is 6.12. The van der Waals surface area contributed by atoms with Gasteiger partial charge in [0, 0.05) is 11.7 Å². The van der Waals surface area contributed by atoms with E-state index >= 15 is 0 Å². The van der Waals surface area contributed by atoms with E-state index in [1.165, 1.54) is 34.4 Å². The smallest absolute Gasteiger partial charge is 0.123 e. The number of halogens is 1. The Bertz CT molecular complexity index is 549. The molecule has 0 aliphatic heterocycles. The van der Waals surface area contributed by atoms with Crippen molar-refractivity contribution in [2.75, 3.05) is 5.32 Å². The Labute approximate surface area is 114 Å². The molecule has 1 N–H and O–H groups in total. The molecular weight excluding hydrogens is 237 g/mol. The average Bonchev–Trinajstić information content (AvgIpc) is 2.30. The van der Waals surface area contributed by atoms with Gasteiger partial charge in [-0.05, 0) is 68.7 Å². The zero-order chi connectivity index (χ0) is 14.0. The van der Waals surface area contributed by atoms with Crippen molar-refractivity contribution in [3.63, 3.8) is 0 Å². The number of benzene rings is 2. The third-order valence-electron chi connectivity index (χ3n) is 3.40. The van der Waals surface area contributed by atoms with Crippen LogP contribution in [-0.4, -0.2) is 0 Å². The molecule has 1 atom stereocenters. The summed E-state index contributed by atoms with van der Waals surface area (Å²) in [7, 11) is 0. The molecule has 19 heavy (non-hydrogen) atoms. The van der Waals surface area contributed by atoms with Crippen molar-refractivity contribution < 1.29 is 4.39 Å². The van der Waals surface area contributed by atoms with Crippen molar-refractivity contribution in [1.82, 2.24) is 0 Å². The van der Waals surface area contributed by atoms with Crippen molar-refractivity contribution in [3.05, 3.63) is 64.5 Å². The van der Waals surface area contributed by atoms with Gasteiger partial charge in [-0.1, -0.05) is 17.7 Å². The molecule has 2 rings (SSSR count). The van der Waals surface area contributed by atoms with E-state index < -0.39 is 0 Å². The molecule has 0 bridgehead atoms. The molecule has 1 unspecified atom stereocenters. The van der Waals surface area contributed by atoms with E-state index in [0.29, 0.717) is 0 Å². The lowest BCUT2D eigenvalue weighted by Crippen LogP contribution is -2.10. The van der Waals surface area contributed by atoms with Crippen molar-refractivity contribution in [2.45, 2.75) is 33.7 Å². The Morgan fingerprint density at radius 3 is 2.00 bits per heavy atom. The van der Waals surface area contributed by atoms with Gasteiger partial charge in [-0.3, -0.25) is 0 Å². The topological polar surface area (TPSA) is 12.0 Å². The number of hydrogen-bond donors (Lipinski definition) is 1. The van der Waals surface area contributed by atoms with Crippen molar-refractivity contribution in [2.24, 2.45) is 0 Å². The fraction of sp³-hybridized carbons (Fsp3) is 0.294. The maximum absolute atomic E-state index is 12.9. The minimum atomic E-state index is -0.207. The van der Waals surface area contributed by atoms with E-state index in [-0.39, 0.29) is 11.9 Å². The predicted molar refractivity (Wildman–Crippen MR) is 79.1 cm³/mol. The lowest BCUT2D eigenvalue weighted by atomic mass is 9.95. The molecule has 0 aliphatic carbocycles. The van der Waals surface area contributed by atoms with Gasteiger partial charge in [0.15, 0.2) is 0 Å². The summed E-state index contributed by atoms with van der Waals surface area (Å²) in [5, 5.41) is 3.42. The summed E-state index contributed by atoms with van der Waals surface area (Å²) in [6, 6.07) is 11.1. The number of nitrogens with one attached hydrogen (secondary N) is 1. The second-order valence-electron chi connectivity index (χ2n) is 5.19. The highest BCUT2D eigenvalue weighted by molar-refractivity contribution is 5.48. The molecule has 0 radical (unpaired) electrons. The molecule has 0 saturated heterocycles. The van der Waals surface area contributed by atoms with Crippen LogP contribution in [-0.2, 0) is 0 Å². The fourth-order valence-electron chi connectivity index (χ4n) is 2.74. The van der Waals surface area contributed by atoms with Gasteiger partial charge in [-0.15, -0.1) is 0 Å². The molecular formula is C17H20FN. The lowest BCUT2D eigenvalue weighted by molar-refractivity contribution is 0.628. The monoisotopic (exact) mass is 257 g/mol. The van der Waals surface area contributed by atoms with E-state index in [4.69, 9.17) is 0 Å². The van der Waals surface area contributed by atoms with Crippen LogP contribution in [0, 0.1) is 26.6 Å². The van der Waals surface area contributed by atoms with Gasteiger partial charge in [0.05, 0.1) is 0 Å². The molecule has 0 aromatic heterocycles. The van der Waals surface area contributed by atoms with Crippen LogP contribution in [0.25, 0.3) is 0 Å². The molecule has 2 aromatic carbocycles. The number of rotatable bonds is 3. The second-order valence-corrected chi connectivity index (χ2v) is 5.19. The van der Waals surface area contributed by atoms with Crippen LogP contribution in [0.3, 0.4) is 0 Å². The van der Waals surface area contributed by atoms with E-state index in [1.54, 1.807) is 12.1 Å². The number of hydrogen-bond acceptors (Lipinski definition) is 1. The highest BCUT2D eigenvalue weighted by Gasteiger charge is 2.11. The fourth-order valence-corrected chi connectivity index (χ4v) is 2.74. The predicted octanol–water partition coefficient (Wildman–Crippen LogP) is 4.92. The highest BCUT2D eigenvalue weighted by Crippen LogP contribution is 2.26. The first-order chi connectivity index (χ1) is 8.97. The van der Waals surface area contributed by atoms with E-state index in [9.17, 15) is 4.39 Å². The summed E-state index contributed by atoms with van der Waals surface area (Å²) in [6.45, 7) is 8.52. The van der Waals surface area contributed by atoms with Crippen LogP contribution in [0.5, 0.6) is 0 Å². The first kappa shape index (κ1) is 13.6. The molecule has 0 amide bonds. The van der Waals surface area contributed by atoms with Gasteiger partial charge in [-0.25, -0.2) is 4.39 Å². The molecule has 1 nitrogen and oxygen atoms in total. The van der Waals surface area contributed by atoms with Gasteiger partial charge in [0.1, 0.15) is 5.82 Å². The Hall–Kier alpha value is -1.83. The molecule has 2 aromatic rings. The van der Waals surface area contributed by atoms with Crippen LogP contribution < -0.4 is 5.32 Å². The maximum atomic E-state index is 12.9. The summed E-state index contributed by atoms with van der Waals surface area (Å²) in [5.74, 6) is -0.207. The highest BCUT2D eigenvalue weighted by atomic mass is 19.1. The van der Waals surface area contributed by atoms with Gasteiger partial charge in [-0.2, -0.15) is 0 Å². The summed E-state index contributed by atoms with van der Waals surface area (Å²) in [6.07, 6.45) is 0. The standard InChI is InChI=1S/C17H20FN/c1-11-9-12(2)17(13(3)10-11)14(4)19-16-7-5-15(18)6-8-16/h5-10,14,19H,1-4H3. The Kier molecular flexibility index (Phi) is 3.89. The van der Waals surface area contributed by atoms with Gasteiger partial charge in [0.2, 0.25) is 0 Å².